The number of hydrogen-bond donors (Lipinski definition) is 2. The summed E-state index contributed by atoms with van der Waals surface area (Å²) in [4.78, 5) is 13.2. The summed E-state index contributed by atoms with van der Waals surface area (Å²) in [5, 5.41) is 0.302. The Labute approximate surface area is 132 Å². The lowest BCUT2D eigenvalue weighted by Crippen LogP contribution is -2.13. The molecule has 2 N–H and O–H groups in total. The van der Waals surface area contributed by atoms with Crippen LogP contribution >= 0.6 is 45.5 Å². The monoisotopic (exact) mass is 430 g/mol. The van der Waals surface area contributed by atoms with Crippen LogP contribution in [0.2, 0.25) is 5.02 Å². The predicted molar refractivity (Wildman–Crippen MR) is 84.7 cm³/mol. The van der Waals surface area contributed by atoms with Gasteiger partial charge in [0, 0.05) is 9.26 Å². The molecule has 0 saturated heterocycles. The molecule has 0 bridgehead atoms. The second kappa shape index (κ2) is 5.43. The van der Waals surface area contributed by atoms with Crippen LogP contribution in [0.4, 0.5) is 5.69 Å². The number of benzene rings is 1. The number of nitrogens with one attached hydrogen (secondary N) is 2. The molecule has 0 aliphatic carbocycles. The van der Waals surface area contributed by atoms with Crippen molar-refractivity contribution >= 4 is 61.2 Å². The Bertz CT molecular complexity index is 782. The van der Waals surface area contributed by atoms with Gasteiger partial charge in [0.05, 0.1) is 10.7 Å². The number of anilines is 1. The van der Waals surface area contributed by atoms with E-state index in [0.29, 0.717) is 22.1 Å². The summed E-state index contributed by atoms with van der Waals surface area (Å²) in [6.45, 7) is 1.53. The van der Waals surface area contributed by atoms with Gasteiger partial charge in [-0.15, -0.1) is 0 Å². The van der Waals surface area contributed by atoms with Crippen LogP contribution < -0.4 is 9.60 Å². The number of aryl methyl sites for hydroxylation is 1. The average molecular weight is 431 g/mol. The predicted octanol–water partition coefficient (Wildman–Crippen LogP) is 2.80. The maximum atomic E-state index is 12.2. The minimum Gasteiger partial charge on any atom is -0.315 e. The highest BCUT2D eigenvalue weighted by molar-refractivity contribution is 14.1. The Morgan fingerprint density at radius 1 is 1.42 bits per heavy atom. The van der Waals surface area contributed by atoms with E-state index in [4.69, 9.17) is 11.6 Å². The van der Waals surface area contributed by atoms with Crippen LogP contribution in [-0.2, 0) is 10.0 Å². The molecule has 5 nitrogen and oxygen atoms in total. The van der Waals surface area contributed by atoms with Gasteiger partial charge in [-0.05, 0) is 47.7 Å². The van der Waals surface area contributed by atoms with Crippen molar-refractivity contribution in [1.82, 2.24) is 4.98 Å². The summed E-state index contributed by atoms with van der Waals surface area (Å²) < 4.78 is 27.5. The molecule has 0 fully saturated rings. The summed E-state index contributed by atoms with van der Waals surface area (Å²) in [7, 11) is -3.81. The van der Waals surface area contributed by atoms with E-state index >= 15 is 0 Å². The van der Waals surface area contributed by atoms with Gasteiger partial charge in [0.2, 0.25) is 0 Å². The zero-order chi connectivity index (χ0) is 14.2. The third-order valence-electron chi connectivity index (χ3n) is 2.20. The second-order valence-electron chi connectivity index (χ2n) is 3.66. The minimum atomic E-state index is -3.81. The third-order valence-corrected chi connectivity index (χ3v) is 6.15. The molecule has 0 saturated carbocycles. The zero-order valence-electron chi connectivity index (χ0n) is 9.53. The average Bonchev–Trinajstić information content (AvgIpc) is 2.63. The molecule has 1 aromatic heterocycles. The zero-order valence-corrected chi connectivity index (χ0v) is 14.1. The van der Waals surface area contributed by atoms with Crippen LogP contribution in [0.1, 0.15) is 5.69 Å². The lowest BCUT2D eigenvalue weighted by Gasteiger charge is -2.08. The molecule has 0 radical (unpaired) electrons. The molecule has 0 amide bonds. The molecule has 0 aliphatic rings. The van der Waals surface area contributed by atoms with Gasteiger partial charge in [-0.3, -0.25) is 9.52 Å². The van der Waals surface area contributed by atoms with Gasteiger partial charge < -0.3 is 4.98 Å². The smallest absolute Gasteiger partial charge is 0.306 e. The first-order valence-electron chi connectivity index (χ1n) is 4.97. The van der Waals surface area contributed by atoms with Crippen molar-refractivity contribution < 1.29 is 8.42 Å². The Balaban J connectivity index is 2.42. The fourth-order valence-electron chi connectivity index (χ4n) is 1.41. The number of rotatable bonds is 3. The molecule has 1 heterocycles. The molecule has 0 atom stereocenters. The summed E-state index contributed by atoms with van der Waals surface area (Å²) in [5.74, 6) is 0. The van der Waals surface area contributed by atoms with Crippen LogP contribution in [0.3, 0.4) is 0 Å². The van der Waals surface area contributed by atoms with E-state index in [9.17, 15) is 13.2 Å². The highest BCUT2D eigenvalue weighted by Gasteiger charge is 2.21. The van der Waals surface area contributed by atoms with E-state index < -0.39 is 14.9 Å². The number of sulfonamides is 1. The highest BCUT2D eigenvalue weighted by atomic mass is 127. The lowest BCUT2D eigenvalue weighted by molar-refractivity contribution is 0.602. The van der Waals surface area contributed by atoms with Crippen molar-refractivity contribution in [2.75, 3.05) is 4.72 Å². The van der Waals surface area contributed by atoms with Gasteiger partial charge in [0.1, 0.15) is 0 Å². The van der Waals surface area contributed by atoms with Crippen LogP contribution in [0.25, 0.3) is 0 Å². The lowest BCUT2D eigenvalue weighted by atomic mass is 10.3. The summed E-state index contributed by atoms with van der Waals surface area (Å²) in [5.41, 5.74) is 0.589. The van der Waals surface area contributed by atoms with E-state index in [1.54, 1.807) is 18.2 Å². The first kappa shape index (κ1) is 14.8. The van der Waals surface area contributed by atoms with Gasteiger partial charge in [-0.2, -0.15) is 0 Å². The Hall–Kier alpha value is -0.580. The Kier molecular flexibility index (Phi) is 4.23. The SMILES string of the molecule is Cc1[nH]c(=O)sc1S(=O)(=O)Nc1ccc(I)cc1Cl. The van der Waals surface area contributed by atoms with E-state index in [-0.39, 0.29) is 9.90 Å². The van der Waals surface area contributed by atoms with Crippen molar-refractivity contribution in [2.24, 2.45) is 0 Å². The first-order valence-corrected chi connectivity index (χ1v) is 8.73. The number of thiazole rings is 1. The maximum absolute atomic E-state index is 12.2. The van der Waals surface area contributed by atoms with Crippen molar-refractivity contribution in [1.29, 1.82) is 0 Å². The van der Waals surface area contributed by atoms with Crippen LogP contribution in [0.5, 0.6) is 0 Å². The van der Waals surface area contributed by atoms with E-state index in [1.165, 1.54) is 6.92 Å². The fraction of sp³-hybridized carbons (Fsp3) is 0.100. The Morgan fingerprint density at radius 3 is 2.63 bits per heavy atom. The second-order valence-corrected chi connectivity index (χ2v) is 8.17. The van der Waals surface area contributed by atoms with Crippen molar-refractivity contribution in [3.05, 3.63) is 42.2 Å². The number of aromatic nitrogens is 1. The van der Waals surface area contributed by atoms with Gasteiger partial charge in [0.15, 0.2) is 4.21 Å². The Morgan fingerprint density at radius 2 is 2.11 bits per heavy atom. The van der Waals surface area contributed by atoms with Gasteiger partial charge >= 0.3 is 4.87 Å². The normalized spacial score (nSPS) is 11.5. The van der Waals surface area contributed by atoms with Crippen LogP contribution in [0, 0.1) is 10.5 Å². The summed E-state index contributed by atoms with van der Waals surface area (Å²) in [6.07, 6.45) is 0. The molecular formula is C10H8ClIN2O3S2. The molecule has 102 valence electrons. The first-order chi connectivity index (χ1) is 8.79. The standard InChI is InChI=1S/C10H8ClIN2O3S2/c1-5-9(18-10(15)13-5)19(16,17)14-8-3-2-6(12)4-7(8)11/h2-4,14H,1H3,(H,13,15). The van der Waals surface area contributed by atoms with Gasteiger partial charge in [-0.25, -0.2) is 8.42 Å². The molecule has 2 rings (SSSR count). The molecule has 19 heavy (non-hydrogen) atoms. The molecule has 1 aromatic carbocycles. The number of halogens is 2. The van der Waals surface area contributed by atoms with Crippen molar-refractivity contribution in [3.8, 4) is 0 Å². The van der Waals surface area contributed by atoms with Gasteiger partial charge in [0.25, 0.3) is 10.0 Å². The number of aromatic amines is 1. The molecule has 0 unspecified atom stereocenters. The van der Waals surface area contributed by atoms with Crippen molar-refractivity contribution in [2.45, 2.75) is 11.1 Å². The van der Waals surface area contributed by atoms with Crippen LogP contribution in [0.15, 0.2) is 27.2 Å². The number of hydrogen-bond acceptors (Lipinski definition) is 4. The highest BCUT2D eigenvalue weighted by Crippen LogP contribution is 2.27. The molecule has 0 aliphatic heterocycles. The summed E-state index contributed by atoms with van der Waals surface area (Å²) >= 11 is 8.69. The van der Waals surface area contributed by atoms with Gasteiger partial charge in [-0.1, -0.05) is 22.9 Å². The third kappa shape index (κ3) is 3.30. The van der Waals surface area contributed by atoms with E-state index in [2.05, 4.69) is 32.3 Å². The van der Waals surface area contributed by atoms with E-state index in [0.717, 1.165) is 3.57 Å². The quantitative estimate of drug-likeness (QED) is 0.735. The summed E-state index contributed by atoms with van der Waals surface area (Å²) in [6, 6.07) is 4.95. The van der Waals surface area contributed by atoms with E-state index in [1.807, 2.05) is 0 Å². The maximum Gasteiger partial charge on any atom is 0.306 e. The minimum absolute atomic E-state index is 0.0351. The molecule has 9 heteroatoms. The van der Waals surface area contributed by atoms with Crippen molar-refractivity contribution in [3.63, 3.8) is 0 Å². The molecular weight excluding hydrogens is 423 g/mol. The number of H-pyrrole nitrogens is 1. The topological polar surface area (TPSA) is 79.0 Å². The molecule has 0 spiro atoms. The largest absolute Gasteiger partial charge is 0.315 e. The van der Waals surface area contributed by atoms with Crippen LogP contribution in [-0.4, -0.2) is 13.4 Å². The fourth-order valence-corrected chi connectivity index (χ4v) is 4.75. The molecule has 2 aromatic rings.